The van der Waals surface area contributed by atoms with Crippen molar-refractivity contribution in [2.24, 2.45) is 7.05 Å². The number of hydrogen-bond acceptors (Lipinski definition) is 4. The first kappa shape index (κ1) is 14.4. The summed E-state index contributed by atoms with van der Waals surface area (Å²) in [6.45, 7) is 6.75. The molecule has 0 atom stereocenters. The van der Waals surface area contributed by atoms with Crippen LogP contribution >= 0.6 is 0 Å². The van der Waals surface area contributed by atoms with Crippen LogP contribution in [0.4, 0.5) is 0 Å². The van der Waals surface area contributed by atoms with Crippen LogP contribution in [0.1, 0.15) is 36.1 Å². The first-order chi connectivity index (χ1) is 9.52. The molecule has 2 rings (SSSR count). The van der Waals surface area contributed by atoms with E-state index in [1.807, 2.05) is 32.5 Å². The van der Waals surface area contributed by atoms with Gasteiger partial charge in [-0.15, -0.1) is 0 Å². The standard InChI is InChI=1S/C14H21N5O/c1-5-19-14(15-9-16-19)8-12(20)6-7-13-10(2)17-18(4)11(13)3/h9H,5-8H2,1-4H3. The van der Waals surface area contributed by atoms with Crippen LogP contribution in [0.5, 0.6) is 0 Å². The average molecular weight is 275 g/mol. The molecule has 0 saturated carbocycles. The molecular formula is C14H21N5O. The topological polar surface area (TPSA) is 65.6 Å². The molecule has 0 spiro atoms. The van der Waals surface area contributed by atoms with Crippen LogP contribution in [-0.4, -0.2) is 30.3 Å². The van der Waals surface area contributed by atoms with Crippen LogP contribution < -0.4 is 0 Å². The Kier molecular flexibility index (Phi) is 4.32. The highest BCUT2D eigenvalue weighted by Crippen LogP contribution is 2.14. The third-order valence-corrected chi connectivity index (χ3v) is 3.66. The van der Waals surface area contributed by atoms with E-state index in [0.717, 1.165) is 30.2 Å². The van der Waals surface area contributed by atoms with E-state index in [-0.39, 0.29) is 5.78 Å². The lowest BCUT2D eigenvalue weighted by Crippen LogP contribution is -2.11. The van der Waals surface area contributed by atoms with Crippen molar-refractivity contribution in [3.63, 3.8) is 0 Å². The number of ketones is 1. The lowest BCUT2D eigenvalue weighted by atomic mass is 10.0. The van der Waals surface area contributed by atoms with Crippen LogP contribution in [0, 0.1) is 13.8 Å². The maximum atomic E-state index is 12.1. The molecule has 0 aliphatic rings. The molecule has 108 valence electrons. The van der Waals surface area contributed by atoms with Gasteiger partial charge < -0.3 is 0 Å². The Morgan fingerprint density at radius 2 is 2.10 bits per heavy atom. The molecule has 2 heterocycles. The molecule has 0 radical (unpaired) electrons. The smallest absolute Gasteiger partial charge is 0.140 e. The van der Waals surface area contributed by atoms with E-state index < -0.39 is 0 Å². The van der Waals surface area contributed by atoms with E-state index in [9.17, 15) is 4.79 Å². The summed E-state index contributed by atoms with van der Waals surface area (Å²) in [5.41, 5.74) is 3.32. The van der Waals surface area contributed by atoms with Gasteiger partial charge in [-0.1, -0.05) is 0 Å². The van der Waals surface area contributed by atoms with Gasteiger partial charge in [0.25, 0.3) is 0 Å². The quantitative estimate of drug-likeness (QED) is 0.799. The van der Waals surface area contributed by atoms with Gasteiger partial charge in [-0.05, 0) is 32.8 Å². The van der Waals surface area contributed by atoms with Crippen LogP contribution in [0.3, 0.4) is 0 Å². The Hall–Kier alpha value is -1.98. The van der Waals surface area contributed by atoms with Gasteiger partial charge in [0.05, 0.1) is 12.1 Å². The molecule has 2 aromatic heterocycles. The van der Waals surface area contributed by atoms with Crippen molar-refractivity contribution in [2.45, 2.75) is 46.6 Å². The van der Waals surface area contributed by atoms with Crippen molar-refractivity contribution in [1.29, 1.82) is 0 Å². The Morgan fingerprint density at radius 3 is 2.70 bits per heavy atom. The summed E-state index contributed by atoms with van der Waals surface area (Å²) in [5, 5.41) is 8.45. The predicted octanol–water partition coefficient (Wildman–Crippen LogP) is 1.39. The molecule has 0 aliphatic carbocycles. The Balaban J connectivity index is 1.96. The van der Waals surface area contributed by atoms with E-state index in [0.29, 0.717) is 12.8 Å². The fourth-order valence-electron chi connectivity index (χ4n) is 2.40. The van der Waals surface area contributed by atoms with Crippen LogP contribution in [0.15, 0.2) is 6.33 Å². The number of aromatic nitrogens is 5. The highest BCUT2D eigenvalue weighted by Gasteiger charge is 2.13. The van der Waals surface area contributed by atoms with Crippen molar-refractivity contribution in [1.82, 2.24) is 24.5 Å². The number of hydrogen-bond donors (Lipinski definition) is 0. The van der Waals surface area contributed by atoms with Crippen LogP contribution in [0.25, 0.3) is 0 Å². The zero-order valence-electron chi connectivity index (χ0n) is 12.6. The molecule has 6 heteroatoms. The summed E-state index contributed by atoms with van der Waals surface area (Å²) in [6.07, 6.45) is 3.11. The van der Waals surface area contributed by atoms with Gasteiger partial charge in [0.15, 0.2) is 0 Å². The first-order valence-electron chi connectivity index (χ1n) is 6.90. The van der Waals surface area contributed by atoms with Gasteiger partial charge in [-0.2, -0.15) is 10.2 Å². The van der Waals surface area contributed by atoms with E-state index in [4.69, 9.17) is 0 Å². The van der Waals surface area contributed by atoms with Gasteiger partial charge in [0, 0.05) is 25.7 Å². The van der Waals surface area contributed by atoms with E-state index in [1.165, 1.54) is 11.9 Å². The highest BCUT2D eigenvalue weighted by atomic mass is 16.1. The number of rotatable bonds is 6. The van der Waals surface area contributed by atoms with E-state index >= 15 is 0 Å². The average Bonchev–Trinajstić information content (AvgIpc) is 2.94. The minimum absolute atomic E-state index is 0.190. The first-order valence-corrected chi connectivity index (χ1v) is 6.90. The Morgan fingerprint density at radius 1 is 1.35 bits per heavy atom. The number of carbonyl (C=O) groups excluding carboxylic acids is 1. The molecule has 2 aromatic rings. The summed E-state index contributed by atoms with van der Waals surface area (Å²) >= 11 is 0. The monoisotopic (exact) mass is 275 g/mol. The molecule has 6 nitrogen and oxygen atoms in total. The number of nitrogens with zero attached hydrogens (tertiary/aromatic N) is 5. The molecule has 0 fully saturated rings. The third-order valence-electron chi connectivity index (χ3n) is 3.66. The van der Waals surface area contributed by atoms with E-state index in [1.54, 1.807) is 4.68 Å². The van der Waals surface area contributed by atoms with E-state index in [2.05, 4.69) is 15.2 Å². The summed E-state index contributed by atoms with van der Waals surface area (Å²) in [7, 11) is 1.93. The number of carbonyl (C=O) groups is 1. The van der Waals surface area contributed by atoms with Crippen LogP contribution in [-0.2, 0) is 31.2 Å². The maximum Gasteiger partial charge on any atom is 0.140 e. The second-order valence-electron chi connectivity index (χ2n) is 4.98. The van der Waals surface area contributed by atoms with Crippen molar-refractivity contribution in [2.75, 3.05) is 0 Å². The van der Waals surface area contributed by atoms with Crippen molar-refractivity contribution in [3.8, 4) is 0 Å². The highest BCUT2D eigenvalue weighted by molar-refractivity contribution is 5.80. The minimum Gasteiger partial charge on any atom is -0.299 e. The molecule has 0 aromatic carbocycles. The molecule has 20 heavy (non-hydrogen) atoms. The van der Waals surface area contributed by atoms with Gasteiger partial charge >= 0.3 is 0 Å². The second kappa shape index (κ2) is 5.98. The molecule has 0 unspecified atom stereocenters. The molecule has 0 bridgehead atoms. The molecule has 0 saturated heterocycles. The summed E-state index contributed by atoms with van der Waals surface area (Å²) in [5.74, 6) is 0.937. The second-order valence-corrected chi connectivity index (χ2v) is 4.98. The SMILES string of the molecule is CCn1ncnc1CC(=O)CCc1c(C)nn(C)c1C. The van der Waals surface area contributed by atoms with Crippen molar-refractivity contribution < 1.29 is 4.79 Å². The molecule has 0 amide bonds. The normalized spacial score (nSPS) is 11.0. The largest absolute Gasteiger partial charge is 0.299 e. The van der Waals surface area contributed by atoms with Gasteiger partial charge in [-0.3, -0.25) is 9.48 Å². The fraction of sp³-hybridized carbons (Fsp3) is 0.571. The number of aryl methyl sites for hydroxylation is 3. The summed E-state index contributed by atoms with van der Waals surface area (Å²) in [4.78, 5) is 16.2. The Labute approximate surface area is 118 Å². The van der Waals surface area contributed by atoms with Gasteiger partial charge in [0.2, 0.25) is 0 Å². The van der Waals surface area contributed by atoms with Crippen LogP contribution in [0.2, 0.25) is 0 Å². The summed E-state index contributed by atoms with van der Waals surface area (Å²) < 4.78 is 3.63. The maximum absolute atomic E-state index is 12.1. The van der Waals surface area contributed by atoms with Crippen molar-refractivity contribution in [3.05, 3.63) is 29.1 Å². The fourth-order valence-corrected chi connectivity index (χ4v) is 2.40. The number of Topliss-reactive ketones (excluding diaryl/α,β-unsaturated/α-hetero) is 1. The van der Waals surface area contributed by atoms with Gasteiger partial charge in [0.1, 0.15) is 17.9 Å². The van der Waals surface area contributed by atoms with Gasteiger partial charge in [-0.25, -0.2) is 9.67 Å². The molecule has 0 aliphatic heterocycles. The predicted molar refractivity (Wildman–Crippen MR) is 75.4 cm³/mol. The Bertz CT molecular complexity index is 611. The zero-order chi connectivity index (χ0) is 14.7. The lowest BCUT2D eigenvalue weighted by molar-refractivity contribution is -0.118. The van der Waals surface area contributed by atoms with Crippen molar-refractivity contribution >= 4 is 5.78 Å². The molecular weight excluding hydrogens is 254 g/mol. The lowest BCUT2D eigenvalue weighted by Gasteiger charge is -2.03. The minimum atomic E-state index is 0.190. The summed E-state index contributed by atoms with van der Waals surface area (Å²) in [6, 6.07) is 0. The third kappa shape index (κ3) is 2.95. The molecule has 0 N–H and O–H groups in total. The zero-order valence-corrected chi connectivity index (χ0v) is 12.6.